The van der Waals surface area contributed by atoms with Crippen LogP contribution >= 0.6 is 0 Å². The molecule has 0 bridgehead atoms. The second-order valence-corrected chi connectivity index (χ2v) is 9.56. The molecule has 4 aromatic rings. The van der Waals surface area contributed by atoms with E-state index in [0.717, 1.165) is 28.4 Å². The minimum atomic E-state index is -0.290. The van der Waals surface area contributed by atoms with E-state index < -0.39 is 0 Å². The Hall–Kier alpha value is -5.24. The Kier molecular flexibility index (Phi) is 9.36. The van der Waals surface area contributed by atoms with Gasteiger partial charge in [-0.25, -0.2) is 0 Å². The van der Waals surface area contributed by atoms with E-state index in [1.54, 1.807) is 36.3 Å². The Balaban J connectivity index is 1.13. The van der Waals surface area contributed by atoms with Gasteiger partial charge in [-0.2, -0.15) is 0 Å². The van der Waals surface area contributed by atoms with Gasteiger partial charge in [0.1, 0.15) is 29.6 Å². The van der Waals surface area contributed by atoms with Crippen LogP contribution in [-0.4, -0.2) is 38.7 Å². The van der Waals surface area contributed by atoms with Crippen molar-refractivity contribution in [1.29, 1.82) is 0 Å². The second-order valence-electron chi connectivity index (χ2n) is 9.56. The quantitative estimate of drug-likeness (QED) is 0.165. The lowest BCUT2D eigenvalue weighted by Gasteiger charge is -2.29. The molecule has 0 radical (unpaired) electrons. The van der Waals surface area contributed by atoms with Crippen molar-refractivity contribution in [3.63, 3.8) is 0 Å². The van der Waals surface area contributed by atoms with Crippen molar-refractivity contribution in [3.8, 4) is 23.0 Å². The standard InChI is InChI=1S/C34H32N2O6/c1-39-28-14-16-29(17-15-28)40-21-5-20-36-31-22-27(11-18-32(31)42-24-34(36)38)35-33(37)19-10-25-8-12-30(13-9-25)41-23-26-6-3-2-4-7-26/h2-4,6-19,22H,5,20-21,23-24H2,1H3,(H,35,37)/b19-10+. The largest absolute Gasteiger partial charge is 0.497 e. The number of benzene rings is 4. The van der Waals surface area contributed by atoms with Crippen LogP contribution in [0, 0.1) is 0 Å². The van der Waals surface area contributed by atoms with E-state index in [1.165, 1.54) is 6.08 Å². The Labute approximate surface area is 245 Å². The number of hydrogen-bond donors (Lipinski definition) is 1. The zero-order valence-electron chi connectivity index (χ0n) is 23.3. The van der Waals surface area contributed by atoms with Crippen LogP contribution in [0.1, 0.15) is 17.5 Å². The number of methoxy groups -OCH3 is 1. The van der Waals surface area contributed by atoms with Crippen LogP contribution in [-0.2, 0) is 16.2 Å². The summed E-state index contributed by atoms with van der Waals surface area (Å²) in [6.45, 7) is 1.35. The maximum absolute atomic E-state index is 12.7. The average Bonchev–Trinajstić information content (AvgIpc) is 3.03. The van der Waals surface area contributed by atoms with Crippen molar-refractivity contribution < 1.29 is 28.5 Å². The van der Waals surface area contributed by atoms with Crippen molar-refractivity contribution in [2.45, 2.75) is 13.0 Å². The summed E-state index contributed by atoms with van der Waals surface area (Å²) in [6.07, 6.45) is 3.82. The van der Waals surface area contributed by atoms with Gasteiger partial charge in [-0.3, -0.25) is 9.59 Å². The number of amides is 2. The molecule has 2 amide bonds. The molecule has 1 heterocycles. The number of carbonyl (C=O) groups excluding carboxylic acids is 2. The smallest absolute Gasteiger partial charge is 0.265 e. The second kappa shape index (κ2) is 13.9. The highest BCUT2D eigenvalue weighted by Crippen LogP contribution is 2.34. The zero-order valence-corrected chi connectivity index (χ0v) is 23.3. The van der Waals surface area contributed by atoms with Crippen molar-refractivity contribution in [3.05, 3.63) is 114 Å². The lowest BCUT2D eigenvalue weighted by atomic mass is 10.2. The minimum Gasteiger partial charge on any atom is -0.497 e. The molecule has 0 atom stereocenters. The Bertz CT molecular complexity index is 1520. The molecule has 0 saturated heterocycles. The van der Waals surface area contributed by atoms with Crippen LogP contribution in [0.5, 0.6) is 23.0 Å². The van der Waals surface area contributed by atoms with Gasteiger partial charge in [-0.05, 0) is 78.2 Å². The third kappa shape index (κ3) is 7.69. The SMILES string of the molecule is COc1ccc(OCCCN2C(=O)COc3ccc(NC(=O)/C=C/c4ccc(OCc5ccccc5)cc4)cc32)cc1. The molecular weight excluding hydrogens is 532 g/mol. The lowest BCUT2D eigenvalue weighted by Crippen LogP contribution is -2.39. The van der Waals surface area contributed by atoms with E-state index in [2.05, 4.69) is 5.32 Å². The molecule has 8 heteroatoms. The van der Waals surface area contributed by atoms with E-state index in [4.69, 9.17) is 18.9 Å². The van der Waals surface area contributed by atoms with Crippen LogP contribution in [0.4, 0.5) is 11.4 Å². The first kappa shape index (κ1) is 28.3. The molecular formula is C34H32N2O6. The van der Waals surface area contributed by atoms with Gasteiger partial charge in [0, 0.05) is 18.3 Å². The summed E-state index contributed by atoms with van der Waals surface area (Å²) in [7, 11) is 1.62. The van der Waals surface area contributed by atoms with Gasteiger partial charge >= 0.3 is 0 Å². The number of ether oxygens (including phenoxy) is 4. The number of fused-ring (bicyclic) bond motifs is 1. The molecule has 1 aliphatic heterocycles. The van der Waals surface area contributed by atoms with Crippen LogP contribution < -0.4 is 29.2 Å². The number of hydrogen-bond acceptors (Lipinski definition) is 6. The fraction of sp³-hybridized carbons (Fsp3) is 0.176. The minimum absolute atomic E-state index is 0.0309. The van der Waals surface area contributed by atoms with Gasteiger partial charge in [-0.1, -0.05) is 42.5 Å². The summed E-state index contributed by atoms with van der Waals surface area (Å²) in [6, 6.07) is 30.1. The predicted octanol–water partition coefficient (Wildman–Crippen LogP) is 6.12. The number of nitrogens with one attached hydrogen (secondary N) is 1. The maximum Gasteiger partial charge on any atom is 0.265 e. The van der Waals surface area contributed by atoms with E-state index in [-0.39, 0.29) is 18.4 Å². The highest BCUT2D eigenvalue weighted by Gasteiger charge is 2.25. The molecule has 8 nitrogen and oxygen atoms in total. The first-order chi connectivity index (χ1) is 20.6. The first-order valence-electron chi connectivity index (χ1n) is 13.7. The van der Waals surface area contributed by atoms with Crippen LogP contribution in [0.25, 0.3) is 6.08 Å². The third-order valence-electron chi connectivity index (χ3n) is 6.58. The summed E-state index contributed by atoms with van der Waals surface area (Å²) in [5.41, 5.74) is 3.14. The van der Waals surface area contributed by atoms with Crippen LogP contribution in [0.3, 0.4) is 0 Å². The average molecular weight is 565 g/mol. The van der Waals surface area contributed by atoms with Crippen molar-refractivity contribution >= 4 is 29.3 Å². The number of anilines is 2. The highest BCUT2D eigenvalue weighted by molar-refractivity contribution is 6.03. The van der Waals surface area contributed by atoms with Gasteiger partial charge < -0.3 is 29.2 Å². The summed E-state index contributed by atoms with van der Waals surface area (Å²) in [4.78, 5) is 27.0. The normalized spacial score (nSPS) is 12.4. The summed E-state index contributed by atoms with van der Waals surface area (Å²) in [5, 5.41) is 2.87. The van der Waals surface area contributed by atoms with Crippen molar-refractivity contribution in [2.24, 2.45) is 0 Å². The molecule has 0 fully saturated rings. The molecule has 5 rings (SSSR count). The van der Waals surface area contributed by atoms with E-state index >= 15 is 0 Å². The molecule has 0 aliphatic carbocycles. The topological polar surface area (TPSA) is 86.3 Å². The van der Waals surface area contributed by atoms with Crippen LogP contribution in [0.15, 0.2) is 103 Å². The fourth-order valence-electron chi connectivity index (χ4n) is 4.38. The summed E-state index contributed by atoms with van der Waals surface area (Å²) < 4.78 is 22.4. The fourth-order valence-corrected chi connectivity index (χ4v) is 4.38. The van der Waals surface area contributed by atoms with Crippen LogP contribution in [0.2, 0.25) is 0 Å². The Morgan fingerprint density at radius 1 is 0.905 bits per heavy atom. The molecule has 1 aliphatic rings. The first-order valence-corrected chi connectivity index (χ1v) is 13.7. The maximum atomic E-state index is 12.7. The molecule has 4 aromatic carbocycles. The van der Waals surface area contributed by atoms with Gasteiger partial charge in [-0.15, -0.1) is 0 Å². The number of carbonyl (C=O) groups is 2. The Morgan fingerprint density at radius 3 is 2.38 bits per heavy atom. The number of rotatable bonds is 12. The molecule has 0 spiro atoms. The monoisotopic (exact) mass is 564 g/mol. The summed E-state index contributed by atoms with van der Waals surface area (Å²) >= 11 is 0. The molecule has 0 saturated carbocycles. The number of nitrogens with zero attached hydrogens (tertiary/aromatic N) is 1. The molecule has 214 valence electrons. The predicted molar refractivity (Wildman–Crippen MR) is 162 cm³/mol. The van der Waals surface area contributed by atoms with Gasteiger partial charge in [0.2, 0.25) is 5.91 Å². The van der Waals surface area contributed by atoms with E-state index in [0.29, 0.717) is 43.3 Å². The summed E-state index contributed by atoms with van der Waals surface area (Å²) in [5.74, 6) is 2.40. The molecule has 0 unspecified atom stereocenters. The van der Waals surface area contributed by atoms with Gasteiger partial charge in [0.15, 0.2) is 6.61 Å². The van der Waals surface area contributed by atoms with Gasteiger partial charge in [0.05, 0.1) is 19.4 Å². The lowest BCUT2D eigenvalue weighted by molar-refractivity contribution is -0.121. The molecule has 42 heavy (non-hydrogen) atoms. The highest BCUT2D eigenvalue weighted by atomic mass is 16.5. The molecule has 1 N–H and O–H groups in total. The Morgan fingerprint density at radius 2 is 1.62 bits per heavy atom. The van der Waals surface area contributed by atoms with E-state index in [9.17, 15) is 9.59 Å². The third-order valence-corrected chi connectivity index (χ3v) is 6.58. The van der Waals surface area contributed by atoms with Gasteiger partial charge in [0.25, 0.3) is 5.91 Å². The van der Waals surface area contributed by atoms with Crippen molar-refractivity contribution in [2.75, 3.05) is 37.1 Å². The molecule has 0 aromatic heterocycles. The van der Waals surface area contributed by atoms with Crippen molar-refractivity contribution in [1.82, 2.24) is 0 Å². The zero-order chi connectivity index (χ0) is 29.1. The van der Waals surface area contributed by atoms with E-state index in [1.807, 2.05) is 78.9 Å².